The maximum absolute atomic E-state index is 12.3. The second-order valence-electron chi connectivity index (χ2n) is 5.84. The van der Waals surface area contributed by atoms with Crippen LogP contribution in [0.4, 0.5) is 11.4 Å². The molecule has 1 aliphatic rings. The molecule has 8 heteroatoms. The molecule has 1 aliphatic heterocycles. The van der Waals surface area contributed by atoms with E-state index < -0.39 is 0 Å². The third-order valence-corrected chi connectivity index (χ3v) is 5.15. The summed E-state index contributed by atoms with van der Waals surface area (Å²) in [6, 6.07) is 13.6. The molecule has 3 aromatic rings. The number of nitrogens with one attached hydrogen (secondary N) is 1. The number of thioether (sulfide) groups is 1. The van der Waals surface area contributed by atoms with Crippen LogP contribution in [0.5, 0.6) is 0 Å². The second-order valence-corrected chi connectivity index (χ2v) is 6.89. The smallest absolute Gasteiger partial charge is 0.234 e. The van der Waals surface area contributed by atoms with Gasteiger partial charge in [-0.25, -0.2) is 4.63 Å². The van der Waals surface area contributed by atoms with Crippen molar-refractivity contribution in [2.24, 2.45) is 0 Å². The van der Waals surface area contributed by atoms with E-state index in [-0.39, 0.29) is 5.91 Å². The van der Waals surface area contributed by atoms with Crippen molar-refractivity contribution in [3.8, 4) is 0 Å². The molecule has 4 rings (SSSR count). The maximum Gasteiger partial charge on any atom is 0.234 e. The van der Waals surface area contributed by atoms with Crippen LogP contribution in [0.3, 0.4) is 0 Å². The molecule has 0 saturated carbocycles. The molecule has 0 unspecified atom stereocenters. The first-order valence-corrected chi connectivity index (χ1v) is 9.35. The van der Waals surface area contributed by atoms with E-state index in [2.05, 4.69) is 20.5 Å². The Labute approximate surface area is 154 Å². The van der Waals surface area contributed by atoms with Crippen molar-refractivity contribution in [1.82, 2.24) is 10.3 Å². The van der Waals surface area contributed by atoms with Crippen LogP contribution >= 0.6 is 11.8 Å². The van der Waals surface area contributed by atoms with Crippen molar-refractivity contribution >= 4 is 40.1 Å². The Morgan fingerprint density at radius 3 is 2.65 bits per heavy atom. The summed E-state index contributed by atoms with van der Waals surface area (Å²) in [5, 5.41) is 10.9. The summed E-state index contributed by atoms with van der Waals surface area (Å²) in [4.78, 5) is 15.5. The fraction of sp³-hybridized carbons (Fsp3) is 0.278. The molecule has 2 heterocycles. The minimum absolute atomic E-state index is 0.0951. The number of carbonyl (C=O) groups is 1. The van der Waals surface area contributed by atoms with E-state index in [9.17, 15) is 4.79 Å². The lowest BCUT2D eigenvalue weighted by molar-refractivity contribution is -0.113. The van der Waals surface area contributed by atoms with Gasteiger partial charge in [0.05, 0.1) is 30.3 Å². The number of hydrogen-bond acceptors (Lipinski definition) is 7. The number of ether oxygens (including phenoxy) is 1. The fourth-order valence-corrected chi connectivity index (χ4v) is 3.59. The molecule has 1 fully saturated rings. The summed E-state index contributed by atoms with van der Waals surface area (Å²) >= 11 is 1.49. The minimum atomic E-state index is -0.0951. The number of aromatic nitrogens is 2. The van der Waals surface area contributed by atoms with Crippen molar-refractivity contribution in [2.75, 3.05) is 42.3 Å². The molecule has 0 radical (unpaired) electrons. The van der Waals surface area contributed by atoms with Crippen LogP contribution in [0, 0.1) is 0 Å². The molecular formula is C18H18N4O3S. The normalized spacial score (nSPS) is 14.5. The number of morpholine rings is 1. The summed E-state index contributed by atoms with van der Waals surface area (Å²) in [5.41, 5.74) is 2.77. The molecule has 0 bridgehead atoms. The first-order chi connectivity index (χ1) is 12.8. The number of rotatable bonds is 5. The predicted octanol–water partition coefficient (Wildman–Crippen LogP) is 2.79. The maximum atomic E-state index is 12.3. The molecule has 1 amide bonds. The number of hydrogen-bond donors (Lipinski definition) is 1. The van der Waals surface area contributed by atoms with Crippen molar-refractivity contribution in [3.63, 3.8) is 0 Å². The highest BCUT2D eigenvalue weighted by Gasteiger charge is 2.19. The number of benzene rings is 2. The van der Waals surface area contributed by atoms with E-state index in [1.807, 2.05) is 42.5 Å². The highest BCUT2D eigenvalue weighted by Crippen LogP contribution is 2.30. The first-order valence-electron chi connectivity index (χ1n) is 8.37. The minimum Gasteiger partial charge on any atom is -0.378 e. The van der Waals surface area contributed by atoms with E-state index >= 15 is 0 Å². The molecule has 2 aromatic carbocycles. The molecule has 26 heavy (non-hydrogen) atoms. The zero-order valence-electron chi connectivity index (χ0n) is 14.1. The highest BCUT2D eigenvalue weighted by molar-refractivity contribution is 8.00. The van der Waals surface area contributed by atoms with Gasteiger partial charge < -0.3 is 15.0 Å². The largest absolute Gasteiger partial charge is 0.378 e. The van der Waals surface area contributed by atoms with E-state index in [0.717, 1.165) is 23.7 Å². The number of anilines is 2. The fourth-order valence-electron chi connectivity index (χ4n) is 2.87. The van der Waals surface area contributed by atoms with Crippen molar-refractivity contribution in [2.45, 2.75) is 4.90 Å². The number of amides is 1. The zero-order chi connectivity index (χ0) is 17.8. The van der Waals surface area contributed by atoms with Crippen molar-refractivity contribution < 1.29 is 14.2 Å². The van der Waals surface area contributed by atoms with Crippen molar-refractivity contribution in [3.05, 3.63) is 42.5 Å². The molecular weight excluding hydrogens is 352 g/mol. The molecule has 0 aliphatic carbocycles. The van der Waals surface area contributed by atoms with Crippen LogP contribution in [0.1, 0.15) is 0 Å². The Balaban J connectivity index is 1.48. The Morgan fingerprint density at radius 1 is 1.08 bits per heavy atom. The topological polar surface area (TPSA) is 80.5 Å². The SMILES string of the molecule is O=C(CSc1ccccc1)Nc1ccc(N2CCOCC2)c2nonc12. The number of carbonyl (C=O) groups excluding carboxylic acids is 1. The predicted molar refractivity (Wildman–Crippen MR) is 101 cm³/mol. The standard InChI is InChI=1S/C18H18N4O3S/c23-16(12-26-13-4-2-1-3-5-13)19-14-6-7-15(18-17(14)20-25-21-18)22-8-10-24-11-9-22/h1-7H,8-12H2,(H,19,23). The van der Waals surface area contributed by atoms with Gasteiger partial charge in [-0.05, 0) is 34.6 Å². The second kappa shape index (κ2) is 7.76. The van der Waals surface area contributed by atoms with Gasteiger partial charge in [0.1, 0.15) is 0 Å². The Bertz CT molecular complexity index is 894. The average molecular weight is 370 g/mol. The molecule has 0 atom stereocenters. The number of nitrogens with zero attached hydrogens (tertiary/aromatic N) is 3. The Morgan fingerprint density at radius 2 is 1.85 bits per heavy atom. The summed E-state index contributed by atoms with van der Waals surface area (Å²) in [7, 11) is 0. The van der Waals surface area contributed by atoms with Crippen LogP contribution in [0.25, 0.3) is 11.0 Å². The molecule has 7 nitrogen and oxygen atoms in total. The highest BCUT2D eigenvalue weighted by atomic mass is 32.2. The van der Waals surface area contributed by atoms with Gasteiger partial charge in [0.25, 0.3) is 0 Å². The summed E-state index contributed by atoms with van der Waals surface area (Å²) < 4.78 is 10.3. The van der Waals surface area contributed by atoms with Crippen LogP contribution in [0.2, 0.25) is 0 Å². The molecule has 1 aromatic heterocycles. The molecule has 1 saturated heterocycles. The lowest BCUT2D eigenvalue weighted by Gasteiger charge is -2.28. The van der Waals surface area contributed by atoms with Crippen LogP contribution in [-0.4, -0.2) is 48.3 Å². The van der Waals surface area contributed by atoms with E-state index in [1.54, 1.807) is 0 Å². The summed E-state index contributed by atoms with van der Waals surface area (Å²) in [6.45, 7) is 2.95. The van der Waals surface area contributed by atoms with Gasteiger partial charge in [0, 0.05) is 18.0 Å². The third kappa shape index (κ3) is 3.66. The molecule has 1 N–H and O–H groups in total. The summed E-state index contributed by atoms with van der Waals surface area (Å²) in [5.74, 6) is 0.226. The third-order valence-electron chi connectivity index (χ3n) is 4.13. The monoisotopic (exact) mass is 370 g/mol. The van der Waals surface area contributed by atoms with Crippen molar-refractivity contribution in [1.29, 1.82) is 0 Å². The quantitative estimate of drug-likeness (QED) is 0.692. The Kier molecular flexibility index (Phi) is 5.03. The van der Waals surface area contributed by atoms with Gasteiger partial charge in [-0.3, -0.25) is 4.79 Å². The first kappa shape index (κ1) is 16.9. The van der Waals surface area contributed by atoms with Gasteiger partial charge in [-0.15, -0.1) is 11.8 Å². The Hall–Kier alpha value is -2.58. The number of fused-ring (bicyclic) bond motifs is 1. The van der Waals surface area contributed by atoms with Gasteiger partial charge in [0.2, 0.25) is 5.91 Å². The van der Waals surface area contributed by atoms with Crippen LogP contribution in [-0.2, 0) is 9.53 Å². The van der Waals surface area contributed by atoms with Gasteiger partial charge >= 0.3 is 0 Å². The lowest BCUT2D eigenvalue weighted by Crippen LogP contribution is -2.36. The summed E-state index contributed by atoms with van der Waals surface area (Å²) in [6.07, 6.45) is 0. The lowest BCUT2D eigenvalue weighted by atomic mass is 10.2. The van der Waals surface area contributed by atoms with Gasteiger partial charge in [-0.1, -0.05) is 18.2 Å². The van der Waals surface area contributed by atoms with Gasteiger partial charge in [-0.2, -0.15) is 0 Å². The van der Waals surface area contributed by atoms with Crippen LogP contribution < -0.4 is 10.2 Å². The van der Waals surface area contributed by atoms with Gasteiger partial charge in [0.15, 0.2) is 11.0 Å². The molecule has 134 valence electrons. The molecule has 0 spiro atoms. The van der Waals surface area contributed by atoms with Crippen LogP contribution in [0.15, 0.2) is 52.0 Å². The van der Waals surface area contributed by atoms with E-state index in [0.29, 0.717) is 35.7 Å². The van der Waals surface area contributed by atoms with E-state index in [1.165, 1.54) is 11.8 Å². The zero-order valence-corrected chi connectivity index (χ0v) is 14.9. The average Bonchev–Trinajstić information content (AvgIpc) is 3.18. The van der Waals surface area contributed by atoms with E-state index in [4.69, 9.17) is 9.37 Å².